The molecule has 0 spiro atoms. The first-order valence-electron chi connectivity index (χ1n) is 6.76. The van der Waals surface area contributed by atoms with Crippen LogP contribution in [0, 0.1) is 6.92 Å². The van der Waals surface area contributed by atoms with E-state index >= 15 is 0 Å². The van der Waals surface area contributed by atoms with Crippen LogP contribution in [0.15, 0.2) is 6.07 Å². The van der Waals surface area contributed by atoms with Crippen molar-refractivity contribution in [3.8, 4) is 0 Å². The van der Waals surface area contributed by atoms with Crippen LogP contribution in [0.2, 0.25) is 0 Å². The number of thiophene rings is 1. The minimum Gasteiger partial charge on any atom is -0.477 e. The molecular formula is C14H21NO3S. The molecule has 0 saturated carbocycles. The van der Waals surface area contributed by atoms with E-state index in [0.717, 1.165) is 49.5 Å². The van der Waals surface area contributed by atoms with Crippen molar-refractivity contribution in [2.75, 3.05) is 19.7 Å². The number of carboxylic acids is 1. The molecular weight excluding hydrogens is 262 g/mol. The van der Waals surface area contributed by atoms with Gasteiger partial charge in [0.2, 0.25) is 0 Å². The second-order valence-corrected chi connectivity index (χ2v) is 6.21. The van der Waals surface area contributed by atoms with Crippen LogP contribution < -0.4 is 0 Å². The van der Waals surface area contributed by atoms with Crippen LogP contribution >= 0.6 is 11.3 Å². The van der Waals surface area contributed by atoms with Gasteiger partial charge in [0.15, 0.2) is 0 Å². The van der Waals surface area contributed by atoms with Crippen molar-refractivity contribution in [1.29, 1.82) is 0 Å². The number of rotatable bonds is 5. The maximum absolute atomic E-state index is 11.0. The van der Waals surface area contributed by atoms with Gasteiger partial charge >= 0.3 is 5.97 Å². The van der Waals surface area contributed by atoms with Crippen molar-refractivity contribution >= 4 is 17.3 Å². The van der Waals surface area contributed by atoms with E-state index in [1.807, 2.05) is 19.9 Å². The number of hydrogen-bond acceptors (Lipinski definition) is 4. The Morgan fingerprint density at radius 2 is 2.42 bits per heavy atom. The van der Waals surface area contributed by atoms with Gasteiger partial charge in [0.05, 0.1) is 6.10 Å². The predicted molar refractivity (Wildman–Crippen MR) is 75.9 cm³/mol. The lowest BCUT2D eigenvalue weighted by Crippen LogP contribution is -2.39. The van der Waals surface area contributed by atoms with Gasteiger partial charge in [-0.15, -0.1) is 11.3 Å². The van der Waals surface area contributed by atoms with Gasteiger partial charge in [0.1, 0.15) is 4.88 Å². The van der Waals surface area contributed by atoms with Crippen molar-refractivity contribution in [3.05, 3.63) is 21.4 Å². The lowest BCUT2D eigenvalue weighted by atomic mass is 10.1. The van der Waals surface area contributed by atoms with Gasteiger partial charge in [-0.05, 0) is 44.9 Å². The number of carbonyl (C=O) groups is 1. The van der Waals surface area contributed by atoms with Gasteiger partial charge in [-0.3, -0.25) is 4.90 Å². The van der Waals surface area contributed by atoms with Crippen LogP contribution in [-0.4, -0.2) is 41.8 Å². The molecule has 1 aliphatic rings. The van der Waals surface area contributed by atoms with Crippen molar-refractivity contribution in [2.24, 2.45) is 0 Å². The highest BCUT2D eigenvalue weighted by Gasteiger charge is 2.21. The average molecular weight is 283 g/mol. The molecule has 0 aromatic carbocycles. The van der Waals surface area contributed by atoms with Crippen LogP contribution in [0.4, 0.5) is 0 Å². The Morgan fingerprint density at radius 1 is 1.63 bits per heavy atom. The highest BCUT2D eigenvalue weighted by Crippen LogP contribution is 2.24. The number of aryl methyl sites for hydroxylation is 1. The van der Waals surface area contributed by atoms with Gasteiger partial charge in [-0.25, -0.2) is 4.79 Å². The Kier molecular flexibility index (Phi) is 4.96. The molecule has 1 fully saturated rings. The fourth-order valence-electron chi connectivity index (χ4n) is 2.55. The summed E-state index contributed by atoms with van der Waals surface area (Å²) >= 11 is 1.36. The molecule has 2 rings (SSSR count). The van der Waals surface area contributed by atoms with Gasteiger partial charge in [-0.1, -0.05) is 0 Å². The Morgan fingerprint density at radius 3 is 3.05 bits per heavy atom. The molecule has 1 N–H and O–H groups in total. The second kappa shape index (κ2) is 6.50. The van der Waals surface area contributed by atoms with E-state index in [1.54, 1.807) is 0 Å². The van der Waals surface area contributed by atoms with Crippen LogP contribution in [0.3, 0.4) is 0 Å². The second-order valence-electron chi connectivity index (χ2n) is 4.95. The largest absolute Gasteiger partial charge is 0.477 e. The third-order valence-corrected chi connectivity index (χ3v) is 4.57. The zero-order valence-electron chi connectivity index (χ0n) is 11.5. The monoisotopic (exact) mass is 283 g/mol. The van der Waals surface area contributed by atoms with Crippen molar-refractivity contribution in [2.45, 2.75) is 39.3 Å². The lowest BCUT2D eigenvalue weighted by molar-refractivity contribution is 0.00361. The molecule has 0 amide bonds. The Labute approximate surface area is 118 Å². The van der Waals surface area contributed by atoms with E-state index in [1.165, 1.54) is 11.3 Å². The fourth-order valence-corrected chi connectivity index (χ4v) is 3.42. The van der Waals surface area contributed by atoms with Crippen LogP contribution in [0.25, 0.3) is 0 Å². The highest BCUT2D eigenvalue weighted by molar-refractivity contribution is 7.14. The molecule has 1 aromatic rings. The molecule has 0 aliphatic carbocycles. The molecule has 106 valence electrons. The molecule has 1 aliphatic heterocycles. The highest BCUT2D eigenvalue weighted by atomic mass is 32.1. The smallest absolute Gasteiger partial charge is 0.345 e. The normalized spacial score (nSPS) is 20.6. The van der Waals surface area contributed by atoms with Gasteiger partial charge in [0, 0.05) is 24.6 Å². The van der Waals surface area contributed by atoms with E-state index in [2.05, 4.69) is 4.90 Å². The first-order valence-corrected chi connectivity index (χ1v) is 7.58. The van der Waals surface area contributed by atoms with Crippen LogP contribution in [0.1, 0.15) is 39.9 Å². The summed E-state index contributed by atoms with van der Waals surface area (Å²) in [4.78, 5) is 14.9. The SMILES string of the molecule is CCOC1CCCN(Cc2cc(C(=O)O)sc2C)C1. The minimum atomic E-state index is -0.829. The third kappa shape index (κ3) is 3.78. The summed E-state index contributed by atoms with van der Waals surface area (Å²) in [5.74, 6) is -0.829. The summed E-state index contributed by atoms with van der Waals surface area (Å²) < 4.78 is 5.69. The summed E-state index contributed by atoms with van der Waals surface area (Å²) in [6.07, 6.45) is 2.61. The van der Waals surface area contributed by atoms with E-state index < -0.39 is 5.97 Å². The quantitative estimate of drug-likeness (QED) is 0.902. The zero-order chi connectivity index (χ0) is 13.8. The molecule has 0 radical (unpaired) electrons. The van der Waals surface area contributed by atoms with Crippen molar-refractivity contribution in [1.82, 2.24) is 4.90 Å². The first kappa shape index (κ1) is 14.5. The molecule has 4 nitrogen and oxygen atoms in total. The molecule has 0 bridgehead atoms. The standard InChI is InChI=1S/C14H21NO3S/c1-3-18-12-5-4-6-15(9-12)8-11-7-13(14(16)17)19-10(11)2/h7,12H,3-6,8-9H2,1-2H3,(H,16,17). The molecule has 1 aromatic heterocycles. The predicted octanol–water partition coefficient (Wildman–Crippen LogP) is 2.76. The van der Waals surface area contributed by atoms with E-state index in [4.69, 9.17) is 9.84 Å². The number of carboxylic acid groups (broad SMARTS) is 1. The summed E-state index contributed by atoms with van der Waals surface area (Å²) in [7, 11) is 0. The maximum Gasteiger partial charge on any atom is 0.345 e. The number of hydrogen-bond donors (Lipinski definition) is 1. The summed E-state index contributed by atoms with van der Waals surface area (Å²) in [6, 6.07) is 1.81. The summed E-state index contributed by atoms with van der Waals surface area (Å²) in [5, 5.41) is 9.02. The van der Waals surface area contributed by atoms with Crippen LogP contribution in [-0.2, 0) is 11.3 Å². The molecule has 5 heteroatoms. The van der Waals surface area contributed by atoms with Gasteiger partial charge < -0.3 is 9.84 Å². The summed E-state index contributed by atoms with van der Waals surface area (Å²) in [6.45, 7) is 7.64. The van der Waals surface area contributed by atoms with Crippen molar-refractivity contribution in [3.63, 3.8) is 0 Å². The maximum atomic E-state index is 11.0. The molecule has 1 unspecified atom stereocenters. The van der Waals surface area contributed by atoms with E-state index in [-0.39, 0.29) is 0 Å². The molecule has 19 heavy (non-hydrogen) atoms. The number of piperidine rings is 1. The first-order chi connectivity index (χ1) is 9.10. The third-order valence-electron chi connectivity index (χ3n) is 3.49. The zero-order valence-corrected chi connectivity index (χ0v) is 12.3. The van der Waals surface area contributed by atoms with E-state index in [9.17, 15) is 4.79 Å². The number of likely N-dealkylation sites (tertiary alicyclic amines) is 1. The van der Waals surface area contributed by atoms with Crippen molar-refractivity contribution < 1.29 is 14.6 Å². The Hall–Kier alpha value is -0.910. The van der Waals surface area contributed by atoms with E-state index in [0.29, 0.717) is 11.0 Å². The molecule has 2 heterocycles. The number of ether oxygens (including phenoxy) is 1. The molecule has 1 saturated heterocycles. The topological polar surface area (TPSA) is 49.8 Å². The average Bonchev–Trinajstić information content (AvgIpc) is 2.72. The van der Waals surface area contributed by atoms with Gasteiger partial charge in [0.25, 0.3) is 0 Å². The van der Waals surface area contributed by atoms with Gasteiger partial charge in [-0.2, -0.15) is 0 Å². The molecule has 1 atom stereocenters. The fraction of sp³-hybridized carbons (Fsp3) is 0.643. The Bertz CT molecular complexity index is 442. The number of nitrogens with zero attached hydrogens (tertiary/aromatic N) is 1. The Balaban J connectivity index is 1.98. The number of aromatic carboxylic acids is 1. The lowest BCUT2D eigenvalue weighted by Gasteiger charge is -2.32. The minimum absolute atomic E-state index is 0.330. The summed E-state index contributed by atoms with van der Waals surface area (Å²) in [5.41, 5.74) is 1.14. The van der Waals surface area contributed by atoms with Crippen LogP contribution in [0.5, 0.6) is 0 Å².